The standard InChI is InChI=1S/C57H36N4O/c1-4-16-37(17-5-1)51-35-42-22-10-11-27-46(42)56-54(38-18-6-2-7-19-38)55(60-61(51)56)45-26-15-25-44(33-45)50-36-49(58-57(59-50)39-20-8-3-9-21-39)43-24-14-23-40(32-43)41-30-31-53-48(34-41)47-28-12-13-29-52(47)62-53/h1-36H. The number of rotatable bonds is 7. The second kappa shape index (κ2) is 14.7. The minimum Gasteiger partial charge on any atom is -0.456 e. The zero-order chi connectivity index (χ0) is 41.0. The molecule has 12 rings (SSSR count). The molecule has 0 atom stereocenters. The van der Waals surface area contributed by atoms with E-state index in [0.29, 0.717) is 5.82 Å². The van der Waals surface area contributed by atoms with Gasteiger partial charge in [-0.15, -0.1) is 0 Å². The summed E-state index contributed by atoms with van der Waals surface area (Å²) in [6.45, 7) is 0. The molecule has 4 aromatic heterocycles. The molecule has 12 aromatic rings. The first-order valence-electron chi connectivity index (χ1n) is 20.8. The molecule has 0 aliphatic carbocycles. The number of nitrogens with zero attached hydrogens (tertiary/aromatic N) is 4. The molecular weight excluding hydrogens is 757 g/mol. The lowest BCUT2D eigenvalue weighted by Crippen LogP contribution is -1.96. The van der Waals surface area contributed by atoms with Crippen molar-refractivity contribution in [2.75, 3.05) is 0 Å². The number of fused-ring (bicyclic) bond motifs is 6. The maximum atomic E-state index is 6.15. The zero-order valence-electron chi connectivity index (χ0n) is 33.5. The van der Waals surface area contributed by atoms with Gasteiger partial charge in [0.15, 0.2) is 5.82 Å². The average molecular weight is 793 g/mol. The summed E-state index contributed by atoms with van der Waals surface area (Å²) in [6.07, 6.45) is 0. The van der Waals surface area contributed by atoms with E-state index >= 15 is 0 Å². The number of aromatic nitrogens is 4. The maximum absolute atomic E-state index is 6.15. The third-order valence-electron chi connectivity index (χ3n) is 11.8. The molecule has 0 spiro atoms. The van der Waals surface area contributed by atoms with Crippen LogP contribution < -0.4 is 0 Å². The topological polar surface area (TPSA) is 56.2 Å². The number of furan rings is 1. The van der Waals surface area contributed by atoms with Gasteiger partial charge in [-0.2, -0.15) is 5.10 Å². The van der Waals surface area contributed by atoms with E-state index in [-0.39, 0.29) is 0 Å². The van der Waals surface area contributed by atoms with E-state index in [1.807, 2.05) is 30.3 Å². The number of hydrogen-bond donors (Lipinski definition) is 0. The molecule has 4 heterocycles. The van der Waals surface area contributed by atoms with Crippen LogP contribution in [0.1, 0.15) is 0 Å². The Balaban J connectivity index is 1.03. The van der Waals surface area contributed by atoms with Crippen LogP contribution in [0.2, 0.25) is 0 Å². The predicted octanol–water partition coefficient (Wildman–Crippen LogP) is 14.8. The minimum atomic E-state index is 0.664. The number of pyridine rings is 1. The molecule has 0 aliphatic rings. The van der Waals surface area contributed by atoms with Gasteiger partial charge in [0.25, 0.3) is 0 Å². The minimum absolute atomic E-state index is 0.664. The Hall–Kier alpha value is -8.41. The SMILES string of the molecule is c1ccc(-c2nc(-c3cccc(-c4ccc5oc6ccccc6c5c4)c3)cc(-c3cccc(-c4nn5c(-c6ccccc6)cc6ccccc6c5c4-c4ccccc4)c3)n2)cc1. The monoisotopic (exact) mass is 792 g/mol. The lowest BCUT2D eigenvalue weighted by molar-refractivity contribution is 0.669. The van der Waals surface area contributed by atoms with Crippen molar-refractivity contribution in [3.05, 3.63) is 218 Å². The Kier molecular flexibility index (Phi) is 8.42. The molecular formula is C57H36N4O. The molecule has 0 bridgehead atoms. The summed E-state index contributed by atoms with van der Waals surface area (Å²) in [5, 5.41) is 10.0. The van der Waals surface area contributed by atoms with Crippen LogP contribution in [-0.2, 0) is 0 Å². The molecule has 0 radical (unpaired) electrons. The van der Waals surface area contributed by atoms with E-state index in [2.05, 4.69) is 193 Å². The number of hydrogen-bond acceptors (Lipinski definition) is 4. The van der Waals surface area contributed by atoms with E-state index in [1.165, 1.54) is 0 Å². The van der Waals surface area contributed by atoms with Crippen LogP contribution in [0.25, 0.3) is 117 Å². The van der Waals surface area contributed by atoms with E-state index in [4.69, 9.17) is 19.5 Å². The van der Waals surface area contributed by atoms with Crippen LogP contribution in [0.4, 0.5) is 0 Å². The van der Waals surface area contributed by atoms with Gasteiger partial charge >= 0.3 is 0 Å². The highest BCUT2D eigenvalue weighted by Crippen LogP contribution is 2.42. The van der Waals surface area contributed by atoms with Crippen molar-refractivity contribution < 1.29 is 4.42 Å². The predicted molar refractivity (Wildman–Crippen MR) is 254 cm³/mol. The number of para-hydroxylation sites is 1. The summed E-state index contributed by atoms with van der Waals surface area (Å²) < 4.78 is 8.28. The molecule has 0 saturated carbocycles. The van der Waals surface area contributed by atoms with Crippen LogP contribution in [0.3, 0.4) is 0 Å². The van der Waals surface area contributed by atoms with Gasteiger partial charge in [-0.05, 0) is 64.5 Å². The highest BCUT2D eigenvalue weighted by atomic mass is 16.3. The van der Waals surface area contributed by atoms with E-state index < -0.39 is 0 Å². The highest BCUT2D eigenvalue weighted by Gasteiger charge is 2.22. The Morgan fingerprint density at radius 2 is 0.903 bits per heavy atom. The first-order chi connectivity index (χ1) is 30.7. The molecule has 8 aromatic carbocycles. The van der Waals surface area contributed by atoms with Gasteiger partial charge < -0.3 is 4.42 Å². The quantitative estimate of drug-likeness (QED) is 0.161. The van der Waals surface area contributed by atoms with E-state index in [0.717, 1.165) is 111 Å². The highest BCUT2D eigenvalue weighted by molar-refractivity contribution is 6.09. The fourth-order valence-corrected chi connectivity index (χ4v) is 8.83. The zero-order valence-corrected chi connectivity index (χ0v) is 33.5. The van der Waals surface area contributed by atoms with Gasteiger partial charge in [-0.3, -0.25) is 0 Å². The molecule has 0 unspecified atom stereocenters. The molecule has 0 aliphatic heterocycles. The van der Waals surface area contributed by atoms with Gasteiger partial charge in [0.1, 0.15) is 16.9 Å². The molecule has 0 fully saturated rings. The fourth-order valence-electron chi connectivity index (χ4n) is 8.83. The van der Waals surface area contributed by atoms with Crippen LogP contribution >= 0.6 is 0 Å². The summed E-state index contributed by atoms with van der Waals surface area (Å²) in [4.78, 5) is 10.4. The first kappa shape index (κ1) is 35.5. The van der Waals surface area contributed by atoms with Crippen molar-refractivity contribution in [3.8, 4) is 78.7 Å². The Bertz CT molecular complexity index is 3630. The van der Waals surface area contributed by atoms with Crippen LogP contribution in [0.15, 0.2) is 223 Å². The smallest absolute Gasteiger partial charge is 0.160 e. The molecule has 0 amide bonds. The Morgan fingerprint density at radius 3 is 1.65 bits per heavy atom. The van der Waals surface area contributed by atoms with E-state index in [9.17, 15) is 0 Å². The first-order valence-corrected chi connectivity index (χ1v) is 20.8. The summed E-state index contributed by atoms with van der Waals surface area (Å²) in [5.41, 5.74) is 15.9. The lowest BCUT2D eigenvalue weighted by atomic mass is 9.95. The van der Waals surface area contributed by atoms with Crippen molar-refractivity contribution in [3.63, 3.8) is 0 Å². The molecule has 5 heteroatoms. The second-order valence-corrected chi connectivity index (χ2v) is 15.6. The van der Waals surface area contributed by atoms with Crippen molar-refractivity contribution in [2.45, 2.75) is 0 Å². The second-order valence-electron chi connectivity index (χ2n) is 15.6. The van der Waals surface area contributed by atoms with Gasteiger partial charge in [-0.25, -0.2) is 14.5 Å². The molecule has 62 heavy (non-hydrogen) atoms. The summed E-state index contributed by atoms with van der Waals surface area (Å²) in [6, 6.07) is 76.2. The third-order valence-corrected chi connectivity index (χ3v) is 11.8. The molecule has 0 N–H and O–H groups in total. The van der Waals surface area contributed by atoms with Gasteiger partial charge in [-0.1, -0.05) is 176 Å². The summed E-state index contributed by atoms with van der Waals surface area (Å²) >= 11 is 0. The average Bonchev–Trinajstić information content (AvgIpc) is 3.94. The Labute approximate surface area is 357 Å². The largest absolute Gasteiger partial charge is 0.456 e. The van der Waals surface area contributed by atoms with Crippen LogP contribution in [0, 0.1) is 0 Å². The fraction of sp³-hybridized carbons (Fsp3) is 0. The Morgan fingerprint density at radius 1 is 0.355 bits per heavy atom. The molecule has 290 valence electrons. The van der Waals surface area contributed by atoms with Gasteiger partial charge in [0.05, 0.1) is 22.6 Å². The van der Waals surface area contributed by atoms with Crippen molar-refractivity contribution in [1.82, 2.24) is 19.6 Å². The van der Waals surface area contributed by atoms with E-state index in [1.54, 1.807) is 0 Å². The summed E-state index contributed by atoms with van der Waals surface area (Å²) in [7, 11) is 0. The van der Waals surface area contributed by atoms with Crippen molar-refractivity contribution in [1.29, 1.82) is 0 Å². The number of benzene rings is 8. The van der Waals surface area contributed by atoms with Crippen molar-refractivity contribution >= 4 is 38.2 Å². The molecule has 0 saturated heterocycles. The van der Waals surface area contributed by atoms with Gasteiger partial charge in [0.2, 0.25) is 0 Å². The lowest BCUT2D eigenvalue weighted by Gasteiger charge is -2.12. The normalized spacial score (nSPS) is 11.5. The maximum Gasteiger partial charge on any atom is 0.160 e. The van der Waals surface area contributed by atoms with Crippen LogP contribution in [-0.4, -0.2) is 19.6 Å². The van der Waals surface area contributed by atoms with Crippen LogP contribution in [0.5, 0.6) is 0 Å². The van der Waals surface area contributed by atoms with Gasteiger partial charge in [0, 0.05) is 49.5 Å². The summed E-state index contributed by atoms with van der Waals surface area (Å²) in [5.74, 6) is 0.664. The molecule has 5 nitrogen and oxygen atoms in total. The third kappa shape index (κ3) is 6.14. The van der Waals surface area contributed by atoms with Crippen molar-refractivity contribution in [2.24, 2.45) is 0 Å².